The molecule has 0 aromatic heterocycles. The molecule has 3 heteroatoms. The van der Waals surface area contributed by atoms with Crippen LogP contribution in [0.5, 0.6) is 0 Å². The van der Waals surface area contributed by atoms with E-state index in [0.717, 1.165) is 13.0 Å². The summed E-state index contributed by atoms with van der Waals surface area (Å²) in [7, 11) is 0. The average molecular weight is 155 g/mol. The largest absolute Gasteiger partial charge is 0.481 e. The smallest absolute Gasteiger partial charge is 0.306 e. The van der Waals surface area contributed by atoms with Crippen LogP contribution in [0.25, 0.3) is 0 Å². The van der Waals surface area contributed by atoms with Crippen molar-refractivity contribution in [2.45, 2.75) is 25.3 Å². The summed E-state index contributed by atoms with van der Waals surface area (Å²) >= 11 is 0. The predicted octanol–water partition coefficient (Wildman–Crippen LogP) is 0.459. The molecule has 2 unspecified atom stereocenters. The normalized spacial score (nSPS) is 42.4. The van der Waals surface area contributed by atoms with Gasteiger partial charge in [-0.3, -0.25) is 4.79 Å². The first-order chi connectivity index (χ1) is 5.29. The third kappa shape index (κ3) is 1.25. The molecule has 1 aliphatic carbocycles. The maximum absolute atomic E-state index is 10.5. The Morgan fingerprint density at radius 1 is 1.55 bits per heavy atom. The molecule has 1 aliphatic heterocycles. The van der Waals surface area contributed by atoms with Crippen LogP contribution in [0.3, 0.4) is 0 Å². The molecule has 3 nitrogen and oxygen atoms in total. The van der Waals surface area contributed by atoms with E-state index in [0.29, 0.717) is 12.0 Å². The fourth-order valence-corrected chi connectivity index (χ4v) is 2.02. The molecule has 11 heavy (non-hydrogen) atoms. The molecular formula is C8H13NO2. The van der Waals surface area contributed by atoms with E-state index in [4.69, 9.17) is 5.11 Å². The van der Waals surface area contributed by atoms with Crippen molar-refractivity contribution in [1.82, 2.24) is 5.32 Å². The van der Waals surface area contributed by atoms with Crippen LogP contribution in [0.15, 0.2) is 0 Å². The van der Waals surface area contributed by atoms with Gasteiger partial charge in [0.25, 0.3) is 0 Å². The van der Waals surface area contributed by atoms with E-state index in [1.807, 2.05) is 0 Å². The number of carboxylic acid groups (broad SMARTS) is 1. The fourth-order valence-electron chi connectivity index (χ4n) is 2.02. The Morgan fingerprint density at radius 3 is 2.82 bits per heavy atom. The summed E-state index contributed by atoms with van der Waals surface area (Å²) in [6.45, 7) is 1.08. The van der Waals surface area contributed by atoms with Crippen molar-refractivity contribution < 1.29 is 9.90 Å². The van der Waals surface area contributed by atoms with Crippen LogP contribution in [-0.4, -0.2) is 23.7 Å². The van der Waals surface area contributed by atoms with Crippen molar-refractivity contribution >= 4 is 5.97 Å². The van der Waals surface area contributed by atoms with Crippen LogP contribution in [0.4, 0.5) is 0 Å². The van der Waals surface area contributed by atoms with Crippen LogP contribution < -0.4 is 5.32 Å². The molecule has 1 saturated carbocycles. The minimum absolute atomic E-state index is 0.0365. The first-order valence-electron chi connectivity index (χ1n) is 4.25. The Morgan fingerprint density at radius 2 is 2.36 bits per heavy atom. The highest BCUT2D eigenvalue weighted by atomic mass is 16.4. The highest BCUT2D eigenvalue weighted by Gasteiger charge is 2.48. The average Bonchev–Trinajstić information content (AvgIpc) is 2.60. The molecule has 1 heterocycles. The lowest BCUT2D eigenvalue weighted by atomic mass is 10.1. The number of carboxylic acids is 1. The van der Waals surface area contributed by atoms with Gasteiger partial charge in [-0.15, -0.1) is 0 Å². The van der Waals surface area contributed by atoms with E-state index < -0.39 is 5.97 Å². The van der Waals surface area contributed by atoms with E-state index in [1.165, 1.54) is 12.8 Å². The molecule has 0 radical (unpaired) electrons. The minimum Gasteiger partial charge on any atom is -0.481 e. The molecule has 0 spiro atoms. The highest BCUT2D eigenvalue weighted by molar-refractivity contribution is 5.73. The monoisotopic (exact) mass is 155 g/mol. The first-order valence-corrected chi connectivity index (χ1v) is 4.25. The number of rotatable bonds is 2. The lowest BCUT2D eigenvalue weighted by Gasteiger charge is -2.06. The van der Waals surface area contributed by atoms with Crippen molar-refractivity contribution in [3.8, 4) is 0 Å². The molecule has 0 aromatic carbocycles. The van der Waals surface area contributed by atoms with E-state index in [9.17, 15) is 4.79 Å². The lowest BCUT2D eigenvalue weighted by Crippen LogP contribution is -2.25. The number of hydrogen-bond acceptors (Lipinski definition) is 2. The van der Waals surface area contributed by atoms with Gasteiger partial charge in [-0.25, -0.2) is 0 Å². The van der Waals surface area contributed by atoms with E-state index >= 15 is 0 Å². The van der Waals surface area contributed by atoms with Crippen molar-refractivity contribution in [2.75, 3.05) is 6.54 Å². The number of carbonyl (C=O) groups is 1. The van der Waals surface area contributed by atoms with Crippen molar-refractivity contribution in [2.24, 2.45) is 11.8 Å². The van der Waals surface area contributed by atoms with Crippen LogP contribution in [-0.2, 0) is 4.79 Å². The second-order valence-electron chi connectivity index (χ2n) is 3.55. The summed E-state index contributed by atoms with van der Waals surface area (Å²) in [5.41, 5.74) is 0. The van der Waals surface area contributed by atoms with Crippen LogP contribution in [0.1, 0.15) is 19.3 Å². The predicted molar refractivity (Wildman–Crippen MR) is 40.3 cm³/mol. The molecule has 2 aliphatic rings. The molecule has 0 bridgehead atoms. The van der Waals surface area contributed by atoms with Gasteiger partial charge in [-0.1, -0.05) is 0 Å². The summed E-state index contributed by atoms with van der Waals surface area (Å²) in [6, 6.07) is 0.510. The van der Waals surface area contributed by atoms with Crippen LogP contribution >= 0.6 is 0 Å². The zero-order chi connectivity index (χ0) is 7.84. The molecule has 3 atom stereocenters. The third-order valence-electron chi connectivity index (χ3n) is 2.77. The Kier molecular flexibility index (Phi) is 1.60. The summed E-state index contributed by atoms with van der Waals surface area (Å²) in [4.78, 5) is 10.5. The molecule has 1 saturated heterocycles. The van der Waals surface area contributed by atoms with Gasteiger partial charge in [0.05, 0.1) is 5.92 Å². The molecule has 2 fully saturated rings. The van der Waals surface area contributed by atoms with Gasteiger partial charge in [0, 0.05) is 6.04 Å². The van der Waals surface area contributed by atoms with Crippen LogP contribution in [0.2, 0.25) is 0 Å². The Hall–Kier alpha value is -0.570. The summed E-state index contributed by atoms with van der Waals surface area (Å²) in [6.07, 6.45) is 3.29. The summed E-state index contributed by atoms with van der Waals surface area (Å²) in [5, 5.41) is 12.0. The van der Waals surface area contributed by atoms with Gasteiger partial charge in [0.2, 0.25) is 0 Å². The zero-order valence-electron chi connectivity index (χ0n) is 6.42. The second-order valence-corrected chi connectivity index (χ2v) is 3.55. The lowest BCUT2D eigenvalue weighted by molar-refractivity contribution is -0.138. The second kappa shape index (κ2) is 2.48. The van der Waals surface area contributed by atoms with E-state index in [1.54, 1.807) is 0 Å². The first kappa shape index (κ1) is 7.10. The van der Waals surface area contributed by atoms with Crippen LogP contribution in [0, 0.1) is 11.8 Å². The zero-order valence-corrected chi connectivity index (χ0v) is 6.42. The molecule has 2 N–H and O–H groups in total. The minimum atomic E-state index is -0.608. The fraction of sp³-hybridized carbons (Fsp3) is 0.875. The number of hydrogen-bond donors (Lipinski definition) is 2. The van der Waals surface area contributed by atoms with Gasteiger partial charge in [-0.05, 0) is 31.7 Å². The summed E-state index contributed by atoms with van der Waals surface area (Å²) < 4.78 is 0. The number of aliphatic carboxylic acids is 1. The molecule has 2 rings (SSSR count). The van der Waals surface area contributed by atoms with Gasteiger partial charge in [-0.2, -0.15) is 0 Å². The third-order valence-corrected chi connectivity index (χ3v) is 2.77. The molecule has 0 aromatic rings. The van der Waals surface area contributed by atoms with Gasteiger partial charge < -0.3 is 10.4 Å². The maximum atomic E-state index is 10.5. The molecule has 62 valence electrons. The van der Waals surface area contributed by atoms with Gasteiger partial charge >= 0.3 is 5.97 Å². The topological polar surface area (TPSA) is 49.3 Å². The van der Waals surface area contributed by atoms with Gasteiger partial charge in [0.15, 0.2) is 0 Å². The van der Waals surface area contributed by atoms with Crippen molar-refractivity contribution in [3.05, 3.63) is 0 Å². The Balaban J connectivity index is 1.85. The van der Waals surface area contributed by atoms with Crippen molar-refractivity contribution in [3.63, 3.8) is 0 Å². The summed E-state index contributed by atoms with van der Waals surface area (Å²) in [5.74, 6) is -0.204. The van der Waals surface area contributed by atoms with Crippen molar-refractivity contribution in [1.29, 1.82) is 0 Å². The molecule has 0 amide bonds. The highest BCUT2D eigenvalue weighted by Crippen LogP contribution is 2.43. The SMILES string of the molecule is O=C(O)C1C[C@H]1C1CCCN1. The van der Waals surface area contributed by atoms with E-state index in [2.05, 4.69) is 5.32 Å². The van der Waals surface area contributed by atoms with E-state index in [-0.39, 0.29) is 5.92 Å². The maximum Gasteiger partial charge on any atom is 0.306 e. The van der Waals surface area contributed by atoms with Gasteiger partial charge in [0.1, 0.15) is 0 Å². The Labute approximate surface area is 65.8 Å². The molecular weight excluding hydrogens is 142 g/mol. The quantitative estimate of drug-likeness (QED) is 0.609. The standard InChI is InChI=1S/C8H13NO2/c10-8(11)6-4-5(6)7-2-1-3-9-7/h5-7,9H,1-4H2,(H,10,11)/t5-,6?,7?/m1/s1. The Bertz CT molecular complexity index is 175. The number of nitrogens with one attached hydrogen (secondary N) is 1.